The molecule has 24 atom stereocenters. The zero-order chi connectivity index (χ0) is 35.9. The standard InChI is InChI=1S/C56H66/c1-3-4-5-6-7-8-9-10-11-12-13-34-25(2)24-55-35-22-23-36-33-21-19-31-29-17-15-27-26-14-16-28-30-18-20-32(35)43-41(30)46-39(28)37(26)45-38(27)40(29)47-42(31)44(33)54(56(34,36)55)52-50(47)48(45)49(46)51(52)53(43)55/h14,16,18,20,22-23,25-31,34,37-42,44-45,47-48,50-52,54H,3-13,15,17,19,21,24H2,1-2H3. The van der Waals surface area contributed by atoms with Gasteiger partial charge in [0.1, 0.15) is 0 Å². The number of allylic oxidation sites excluding steroid dienone is 14. The molecule has 10 saturated carbocycles. The van der Waals surface area contributed by atoms with Crippen molar-refractivity contribution in [3.63, 3.8) is 0 Å². The molecule has 24 unspecified atom stereocenters. The van der Waals surface area contributed by atoms with E-state index in [0.29, 0.717) is 10.8 Å². The minimum atomic E-state index is 0.323. The molecule has 17 aliphatic rings. The van der Waals surface area contributed by atoms with Gasteiger partial charge in [0.2, 0.25) is 0 Å². The molecule has 0 bridgehead atoms. The van der Waals surface area contributed by atoms with Crippen LogP contribution in [0.3, 0.4) is 0 Å². The second-order valence-corrected chi connectivity index (χ2v) is 24.6. The van der Waals surface area contributed by atoms with E-state index in [1.165, 1.54) is 83.5 Å². The van der Waals surface area contributed by atoms with E-state index in [1.807, 2.05) is 22.3 Å². The fourth-order valence-corrected chi connectivity index (χ4v) is 24.9. The maximum atomic E-state index is 2.95. The van der Waals surface area contributed by atoms with Gasteiger partial charge in [-0.1, -0.05) is 131 Å². The highest BCUT2D eigenvalue weighted by Gasteiger charge is 2.89. The van der Waals surface area contributed by atoms with E-state index in [0.717, 1.165) is 130 Å². The Kier molecular flexibility index (Phi) is 5.39. The molecule has 0 N–H and O–H groups in total. The quantitative estimate of drug-likeness (QED) is 0.146. The predicted molar refractivity (Wildman–Crippen MR) is 222 cm³/mol. The molecule has 290 valence electrons. The fraction of sp³-hybridized carbons (Fsp3) is 0.750. The minimum Gasteiger partial charge on any atom is -0.0845 e. The zero-order valence-electron chi connectivity index (χ0n) is 34.5. The molecule has 0 nitrogen and oxygen atoms in total. The van der Waals surface area contributed by atoms with Gasteiger partial charge in [0.15, 0.2) is 0 Å². The van der Waals surface area contributed by atoms with Crippen molar-refractivity contribution in [3.05, 3.63) is 81.0 Å². The molecule has 0 aromatic carbocycles. The van der Waals surface area contributed by atoms with E-state index in [2.05, 4.69) is 72.6 Å². The molecule has 2 spiro atoms. The first-order chi connectivity index (χ1) is 27.7. The Hall–Kier alpha value is -1.82. The third-order valence-corrected chi connectivity index (χ3v) is 24.5. The lowest BCUT2D eigenvalue weighted by atomic mass is 9.36. The number of hydrogen-bond acceptors (Lipinski definition) is 0. The van der Waals surface area contributed by atoms with Gasteiger partial charge in [-0.25, -0.2) is 0 Å². The Morgan fingerprint density at radius 2 is 1.32 bits per heavy atom. The molecule has 0 aliphatic heterocycles. The second-order valence-electron chi connectivity index (χ2n) is 24.6. The highest BCUT2D eigenvalue weighted by molar-refractivity contribution is 5.78. The molecular formula is C56H66. The number of unbranched alkanes of at least 4 members (excludes halogenated alkanes) is 9. The van der Waals surface area contributed by atoms with E-state index in [4.69, 9.17) is 0 Å². The summed E-state index contributed by atoms with van der Waals surface area (Å²) in [6.45, 7) is 5.19. The van der Waals surface area contributed by atoms with Gasteiger partial charge in [0, 0.05) is 22.7 Å². The van der Waals surface area contributed by atoms with Crippen LogP contribution in [0.5, 0.6) is 0 Å². The molecule has 17 rings (SSSR count). The van der Waals surface area contributed by atoms with Crippen molar-refractivity contribution in [1.82, 2.24) is 0 Å². The fourth-order valence-electron chi connectivity index (χ4n) is 24.9. The lowest BCUT2D eigenvalue weighted by Crippen LogP contribution is -2.63. The number of fused-ring (bicyclic) bond motifs is 3. The lowest BCUT2D eigenvalue weighted by molar-refractivity contribution is -0.149. The molecule has 0 amide bonds. The first-order valence-electron chi connectivity index (χ1n) is 25.7. The van der Waals surface area contributed by atoms with Crippen molar-refractivity contribution in [1.29, 1.82) is 0 Å². The van der Waals surface area contributed by atoms with Crippen LogP contribution < -0.4 is 0 Å². The van der Waals surface area contributed by atoms with Gasteiger partial charge < -0.3 is 0 Å². The number of hydrogen-bond donors (Lipinski definition) is 0. The van der Waals surface area contributed by atoms with E-state index in [9.17, 15) is 0 Å². The average molecular weight is 739 g/mol. The maximum absolute atomic E-state index is 2.95. The van der Waals surface area contributed by atoms with Crippen LogP contribution in [0, 0.1) is 141 Å². The summed E-state index contributed by atoms with van der Waals surface area (Å²) in [5.74, 6) is 21.3. The summed E-state index contributed by atoms with van der Waals surface area (Å²) in [6.07, 6.45) is 41.4. The van der Waals surface area contributed by atoms with Crippen LogP contribution in [-0.2, 0) is 0 Å². The summed E-state index contributed by atoms with van der Waals surface area (Å²) < 4.78 is 0. The van der Waals surface area contributed by atoms with Crippen LogP contribution in [0.25, 0.3) is 0 Å². The highest BCUT2D eigenvalue weighted by Crippen LogP contribution is 2.95. The van der Waals surface area contributed by atoms with Gasteiger partial charge in [0.25, 0.3) is 0 Å². The molecule has 0 saturated heterocycles. The molecule has 56 heavy (non-hydrogen) atoms. The van der Waals surface area contributed by atoms with Crippen molar-refractivity contribution < 1.29 is 0 Å². The third kappa shape index (κ3) is 2.74. The molecule has 17 aliphatic carbocycles. The van der Waals surface area contributed by atoms with Crippen molar-refractivity contribution in [3.8, 4) is 0 Å². The maximum Gasteiger partial charge on any atom is 0.0285 e. The monoisotopic (exact) mass is 739 g/mol. The summed E-state index contributed by atoms with van der Waals surface area (Å²) >= 11 is 0. The SMILES string of the molecule is CCCCCCCCCCCCC1C(C)CC23C4=C5C=CC6C7C5=C2C2C5=C7C7C6C=CC6C8CCC9C%10CCC%11=C(C=C4)C13C1C%11C%10C3C9C8C(C5C3C21)C67. The Morgan fingerprint density at radius 1 is 0.589 bits per heavy atom. The van der Waals surface area contributed by atoms with E-state index < -0.39 is 0 Å². The first-order valence-corrected chi connectivity index (χ1v) is 25.7. The predicted octanol–water partition coefficient (Wildman–Crippen LogP) is 12.9. The summed E-state index contributed by atoms with van der Waals surface area (Å²) in [6, 6.07) is 0. The third-order valence-electron chi connectivity index (χ3n) is 24.5. The van der Waals surface area contributed by atoms with Crippen molar-refractivity contribution in [2.45, 2.75) is 117 Å². The van der Waals surface area contributed by atoms with Crippen LogP contribution in [0.1, 0.15) is 117 Å². The van der Waals surface area contributed by atoms with Crippen LogP contribution in [0.15, 0.2) is 81.0 Å². The van der Waals surface area contributed by atoms with E-state index in [-0.39, 0.29) is 0 Å². The van der Waals surface area contributed by atoms with Gasteiger partial charge in [-0.05, 0) is 185 Å². The van der Waals surface area contributed by atoms with E-state index in [1.54, 1.807) is 19.3 Å². The first kappa shape index (κ1) is 31.1. The van der Waals surface area contributed by atoms with Gasteiger partial charge in [-0.3, -0.25) is 0 Å². The highest BCUT2D eigenvalue weighted by atomic mass is 14.9. The smallest absolute Gasteiger partial charge is 0.0285 e. The summed E-state index contributed by atoms with van der Waals surface area (Å²) in [5, 5.41) is 0. The van der Waals surface area contributed by atoms with Gasteiger partial charge in [-0.2, -0.15) is 0 Å². The van der Waals surface area contributed by atoms with Crippen LogP contribution in [-0.4, -0.2) is 0 Å². The van der Waals surface area contributed by atoms with Gasteiger partial charge >= 0.3 is 0 Å². The molecule has 0 radical (unpaired) electrons. The zero-order valence-corrected chi connectivity index (χ0v) is 34.5. The topological polar surface area (TPSA) is 0 Å². The van der Waals surface area contributed by atoms with E-state index >= 15 is 0 Å². The summed E-state index contributed by atoms with van der Waals surface area (Å²) in [5.41, 5.74) is 17.3. The molecule has 0 heteroatoms. The average Bonchev–Trinajstić information content (AvgIpc) is 4.05. The van der Waals surface area contributed by atoms with Crippen LogP contribution in [0.2, 0.25) is 0 Å². The van der Waals surface area contributed by atoms with Crippen molar-refractivity contribution >= 4 is 0 Å². The molecule has 0 aromatic rings. The largest absolute Gasteiger partial charge is 0.0845 e. The Balaban J connectivity index is 0.885. The number of rotatable bonds is 11. The van der Waals surface area contributed by atoms with Gasteiger partial charge in [0.05, 0.1) is 0 Å². The summed E-state index contributed by atoms with van der Waals surface area (Å²) in [7, 11) is 0. The van der Waals surface area contributed by atoms with Gasteiger partial charge in [-0.15, -0.1) is 0 Å². The van der Waals surface area contributed by atoms with Crippen molar-refractivity contribution in [2.75, 3.05) is 0 Å². The Morgan fingerprint density at radius 3 is 2.20 bits per heavy atom. The molecule has 0 aromatic heterocycles. The molecule has 0 heterocycles. The molecule has 10 fully saturated rings. The Bertz CT molecular complexity index is 2180. The summed E-state index contributed by atoms with van der Waals surface area (Å²) in [4.78, 5) is 0. The second kappa shape index (κ2) is 9.70. The van der Waals surface area contributed by atoms with Crippen molar-refractivity contribution in [2.24, 2.45) is 141 Å². The minimum absolute atomic E-state index is 0.323. The molecular weight excluding hydrogens is 673 g/mol. The lowest BCUT2D eigenvalue weighted by Gasteiger charge is -2.66. The van der Waals surface area contributed by atoms with Crippen LogP contribution >= 0.6 is 0 Å². The Labute approximate surface area is 337 Å². The normalized spacial score (nSPS) is 60.8. The van der Waals surface area contributed by atoms with Crippen LogP contribution in [0.4, 0.5) is 0 Å².